The first-order valence-corrected chi connectivity index (χ1v) is 13.7. The van der Waals surface area contributed by atoms with Crippen molar-refractivity contribution in [3.8, 4) is 17.0 Å². The molecule has 34 heavy (non-hydrogen) atoms. The number of carbonyl (C=O) groups excluding carboxylic acids is 1. The molecule has 1 fully saturated rings. The van der Waals surface area contributed by atoms with E-state index in [1.54, 1.807) is 16.4 Å². The fourth-order valence-electron chi connectivity index (χ4n) is 4.25. The molecule has 1 aliphatic heterocycles. The number of amides is 1. The Morgan fingerprint density at radius 1 is 1.09 bits per heavy atom. The second-order valence-electron chi connectivity index (χ2n) is 8.74. The molecule has 2 aromatic carbocycles. The monoisotopic (exact) mass is 499 g/mol. The molecule has 1 aliphatic rings. The van der Waals surface area contributed by atoms with Crippen molar-refractivity contribution in [3.05, 3.63) is 59.5 Å². The van der Waals surface area contributed by atoms with E-state index >= 15 is 0 Å². The van der Waals surface area contributed by atoms with Crippen molar-refractivity contribution in [2.24, 2.45) is 11.8 Å². The average molecular weight is 500 g/mol. The van der Waals surface area contributed by atoms with Crippen LogP contribution in [0.15, 0.2) is 58.8 Å². The van der Waals surface area contributed by atoms with E-state index in [4.69, 9.17) is 4.74 Å². The van der Waals surface area contributed by atoms with Crippen LogP contribution in [0.3, 0.4) is 0 Å². The van der Waals surface area contributed by atoms with Crippen LogP contribution in [0, 0.1) is 11.8 Å². The van der Waals surface area contributed by atoms with Gasteiger partial charge in [0.15, 0.2) is 5.13 Å². The summed E-state index contributed by atoms with van der Waals surface area (Å²) in [4.78, 5) is 17.4. The Hall–Kier alpha value is -2.75. The van der Waals surface area contributed by atoms with Gasteiger partial charge >= 0.3 is 0 Å². The van der Waals surface area contributed by atoms with Crippen LogP contribution in [-0.2, 0) is 10.0 Å². The van der Waals surface area contributed by atoms with Gasteiger partial charge in [0, 0.05) is 29.6 Å². The van der Waals surface area contributed by atoms with E-state index in [1.807, 2.05) is 36.6 Å². The minimum Gasteiger partial charge on any atom is -0.494 e. The highest BCUT2D eigenvalue weighted by atomic mass is 32.2. The maximum atomic E-state index is 13.1. The molecule has 0 radical (unpaired) electrons. The molecule has 180 valence electrons. The van der Waals surface area contributed by atoms with E-state index in [1.165, 1.54) is 23.5 Å². The van der Waals surface area contributed by atoms with Crippen molar-refractivity contribution in [3.63, 3.8) is 0 Å². The van der Waals surface area contributed by atoms with Gasteiger partial charge in [0.1, 0.15) is 5.75 Å². The summed E-state index contributed by atoms with van der Waals surface area (Å²) in [6.07, 6.45) is 1.03. The highest BCUT2D eigenvalue weighted by Gasteiger charge is 2.31. The number of aromatic nitrogens is 1. The van der Waals surface area contributed by atoms with Crippen LogP contribution in [0.25, 0.3) is 11.3 Å². The summed E-state index contributed by atoms with van der Waals surface area (Å²) in [5.74, 6) is 1.12. The van der Waals surface area contributed by atoms with Crippen molar-refractivity contribution < 1.29 is 17.9 Å². The summed E-state index contributed by atoms with van der Waals surface area (Å²) in [5.41, 5.74) is 2.06. The highest BCUT2D eigenvalue weighted by molar-refractivity contribution is 7.89. The third-order valence-electron chi connectivity index (χ3n) is 5.78. The Bertz CT molecular complexity index is 1230. The van der Waals surface area contributed by atoms with Gasteiger partial charge in [0.2, 0.25) is 10.0 Å². The van der Waals surface area contributed by atoms with Crippen LogP contribution in [0.4, 0.5) is 5.13 Å². The van der Waals surface area contributed by atoms with Crippen LogP contribution < -0.4 is 10.1 Å². The van der Waals surface area contributed by atoms with Gasteiger partial charge in [-0.05, 0) is 73.7 Å². The van der Waals surface area contributed by atoms with Gasteiger partial charge in [0.05, 0.1) is 17.2 Å². The average Bonchev–Trinajstić information content (AvgIpc) is 3.27. The molecule has 7 nitrogen and oxygen atoms in total. The van der Waals surface area contributed by atoms with Gasteiger partial charge in [-0.2, -0.15) is 4.31 Å². The Morgan fingerprint density at radius 3 is 2.35 bits per heavy atom. The normalized spacial score (nSPS) is 19.0. The van der Waals surface area contributed by atoms with Crippen LogP contribution in [0.2, 0.25) is 0 Å². The predicted molar refractivity (Wildman–Crippen MR) is 135 cm³/mol. The number of carbonyl (C=O) groups is 1. The zero-order valence-electron chi connectivity index (χ0n) is 19.5. The standard InChI is InChI=1S/C25H29N3O4S2/c1-4-32-21-9-5-19(6-10-21)23-16-33-25(26-23)27-24(29)20-7-11-22(12-8-20)34(30,31)28-14-17(2)13-18(3)15-28/h5-12,16-18H,4,13-15H2,1-3H3,(H,26,27,29)/t17-,18-/m0/s1. The van der Waals surface area contributed by atoms with Gasteiger partial charge in [-0.3, -0.25) is 10.1 Å². The molecule has 0 bridgehead atoms. The largest absolute Gasteiger partial charge is 0.494 e. The van der Waals surface area contributed by atoms with Crippen molar-refractivity contribution in [1.29, 1.82) is 0 Å². The highest BCUT2D eigenvalue weighted by Crippen LogP contribution is 2.28. The number of anilines is 1. The van der Waals surface area contributed by atoms with Crippen molar-refractivity contribution in [2.45, 2.75) is 32.1 Å². The Morgan fingerprint density at radius 2 is 1.74 bits per heavy atom. The first-order valence-electron chi connectivity index (χ1n) is 11.4. The number of piperidine rings is 1. The SMILES string of the molecule is CCOc1ccc(-c2csc(NC(=O)c3ccc(S(=O)(=O)N4C[C@@H](C)C[C@H](C)C4)cc3)n2)cc1. The van der Waals surface area contributed by atoms with Crippen LogP contribution in [0.1, 0.15) is 37.6 Å². The van der Waals surface area contributed by atoms with Crippen molar-refractivity contribution in [1.82, 2.24) is 9.29 Å². The molecule has 4 rings (SSSR count). The lowest BCUT2D eigenvalue weighted by molar-refractivity contribution is 0.102. The van der Waals surface area contributed by atoms with Crippen molar-refractivity contribution >= 4 is 32.4 Å². The topological polar surface area (TPSA) is 88.6 Å². The van der Waals surface area contributed by atoms with Gasteiger partial charge in [-0.15, -0.1) is 11.3 Å². The van der Waals surface area contributed by atoms with Crippen LogP contribution >= 0.6 is 11.3 Å². The first-order chi connectivity index (χ1) is 16.3. The summed E-state index contributed by atoms with van der Waals surface area (Å²) < 4.78 is 33.1. The zero-order chi connectivity index (χ0) is 24.3. The number of sulfonamides is 1. The number of nitrogens with one attached hydrogen (secondary N) is 1. The molecule has 9 heteroatoms. The van der Waals surface area contributed by atoms with Gasteiger partial charge in [-0.1, -0.05) is 13.8 Å². The molecule has 2 heterocycles. The van der Waals surface area contributed by atoms with Crippen molar-refractivity contribution in [2.75, 3.05) is 25.0 Å². The smallest absolute Gasteiger partial charge is 0.257 e. The Kier molecular flexibility index (Phi) is 7.35. The molecule has 3 aromatic rings. The summed E-state index contributed by atoms with van der Waals surface area (Å²) in [6.45, 7) is 7.74. The second-order valence-corrected chi connectivity index (χ2v) is 11.5. The molecular weight excluding hydrogens is 470 g/mol. The molecular formula is C25H29N3O4S2. The summed E-state index contributed by atoms with van der Waals surface area (Å²) in [7, 11) is -3.58. The van der Waals surface area contributed by atoms with E-state index in [0.717, 1.165) is 23.4 Å². The number of hydrogen-bond donors (Lipinski definition) is 1. The second kappa shape index (κ2) is 10.2. The molecule has 0 saturated carbocycles. The van der Waals surface area contributed by atoms with Gasteiger partial charge in [-0.25, -0.2) is 13.4 Å². The zero-order valence-corrected chi connectivity index (χ0v) is 21.2. The maximum Gasteiger partial charge on any atom is 0.257 e. The number of hydrogen-bond acceptors (Lipinski definition) is 6. The van der Waals surface area contributed by atoms with Gasteiger partial charge < -0.3 is 4.74 Å². The fraction of sp³-hybridized carbons (Fsp3) is 0.360. The third-order valence-corrected chi connectivity index (χ3v) is 8.38. The fourth-order valence-corrected chi connectivity index (χ4v) is 6.65. The summed E-state index contributed by atoms with van der Waals surface area (Å²) in [5, 5.41) is 5.15. The minimum absolute atomic E-state index is 0.206. The molecule has 0 spiro atoms. The van der Waals surface area contributed by atoms with E-state index in [2.05, 4.69) is 24.1 Å². The van der Waals surface area contributed by atoms with Crippen LogP contribution in [0.5, 0.6) is 5.75 Å². The predicted octanol–water partition coefficient (Wildman–Crippen LogP) is 5.13. The van der Waals surface area contributed by atoms with Gasteiger partial charge in [0.25, 0.3) is 5.91 Å². The van der Waals surface area contributed by atoms with E-state index < -0.39 is 10.0 Å². The number of ether oxygens (including phenoxy) is 1. The quantitative estimate of drug-likeness (QED) is 0.487. The lowest BCUT2D eigenvalue weighted by Crippen LogP contribution is -2.42. The number of rotatable bonds is 7. The molecule has 0 unspecified atom stereocenters. The molecule has 2 atom stereocenters. The number of thiazole rings is 1. The molecule has 0 aliphatic carbocycles. The summed E-state index contributed by atoms with van der Waals surface area (Å²) in [6, 6.07) is 13.7. The van der Waals surface area contributed by atoms with E-state index in [0.29, 0.717) is 42.2 Å². The molecule has 1 N–H and O–H groups in total. The van der Waals surface area contributed by atoms with E-state index in [-0.39, 0.29) is 10.8 Å². The minimum atomic E-state index is -3.58. The Balaban J connectivity index is 1.42. The molecule has 1 amide bonds. The lowest BCUT2D eigenvalue weighted by atomic mass is 9.94. The number of nitrogens with zero attached hydrogens (tertiary/aromatic N) is 2. The Labute approximate surface area is 204 Å². The first kappa shape index (κ1) is 24.4. The van der Waals surface area contributed by atoms with Crippen LogP contribution in [-0.4, -0.2) is 43.3 Å². The summed E-state index contributed by atoms with van der Waals surface area (Å²) >= 11 is 1.33. The maximum absolute atomic E-state index is 13.1. The number of benzene rings is 2. The lowest BCUT2D eigenvalue weighted by Gasteiger charge is -2.34. The molecule has 1 saturated heterocycles. The third kappa shape index (κ3) is 5.48. The molecule has 1 aromatic heterocycles. The van der Waals surface area contributed by atoms with E-state index in [9.17, 15) is 13.2 Å².